The summed E-state index contributed by atoms with van der Waals surface area (Å²) in [6.07, 6.45) is 0. The van der Waals surface area contributed by atoms with Gasteiger partial charge in [-0.05, 0) is 36.2 Å². The monoisotopic (exact) mass is 463 g/mol. The first kappa shape index (κ1) is 22.1. The third-order valence-electron chi connectivity index (χ3n) is 5.12. The first-order valence-electron chi connectivity index (χ1n) is 10.2. The van der Waals surface area contributed by atoms with Gasteiger partial charge in [-0.15, -0.1) is 0 Å². The van der Waals surface area contributed by atoms with Gasteiger partial charge in [0.2, 0.25) is 5.91 Å². The van der Waals surface area contributed by atoms with Crippen LogP contribution in [0.5, 0.6) is 0 Å². The van der Waals surface area contributed by atoms with E-state index in [0.29, 0.717) is 21.1 Å². The average molecular weight is 464 g/mol. The van der Waals surface area contributed by atoms with Crippen LogP contribution < -0.4 is 10.9 Å². The molecular weight excluding hydrogens is 442 g/mol. The molecule has 1 aromatic heterocycles. The summed E-state index contributed by atoms with van der Waals surface area (Å²) in [7, 11) is 0. The van der Waals surface area contributed by atoms with Crippen LogP contribution in [-0.2, 0) is 11.3 Å². The van der Waals surface area contributed by atoms with E-state index in [1.54, 1.807) is 22.8 Å². The molecule has 1 N–H and O–H groups in total. The summed E-state index contributed by atoms with van der Waals surface area (Å²) in [6.45, 7) is 2.22. The molecule has 162 valence electrons. The Hall–Kier alpha value is -3.09. The minimum absolute atomic E-state index is 0.112. The molecule has 7 heteroatoms. The number of rotatable bonds is 7. The number of hydrogen-bond acceptors (Lipinski definition) is 4. The number of benzene rings is 3. The Balaban J connectivity index is 1.59. The van der Waals surface area contributed by atoms with Crippen molar-refractivity contribution >= 4 is 40.2 Å². The molecule has 0 spiro atoms. The fourth-order valence-electron chi connectivity index (χ4n) is 3.43. The molecule has 0 radical (unpaired) electrons. The van der Waals surface area contributed by atoms with Gasteiger partial charge in [0.25, 0.3) is 5.56 Å². The van der Waals surface area contributed by atoms with E-state index in [4.69, 9.17) is 11.6 Å². The number of amides is 1. The minimum atomic E-state index is -0.156. The van der Waals surface area contributed by atoms with E-state index in [1.807, 2.05) is 67.6 Å². The van der Waals surface area contributed by atoms with E-state index < -0.39 is 0 Å². The van der Waals surface area contributed by atoms with Crippen LogP contribution in [-0.4, -0.2) is 21.2 Å². The topological polar surface area (TPSA) is 64.0 Å². The molecule has 1 heterocycles. The molecule has 0 aliphatic heterocycles. The third kappa shape index (κ3) is 5.03. The maximum absolute atomic E-state index is 13.2. The van der Waals surface area contributed by atoms with Crippen LogP contribution in [0.25, 0.3) is 10.9 Å². The van der Waals surface area contributed by atoms with Crippen LogP contribution >= 0.6 is 23.4 Å². The molecule has 0 aliphatic carbocycles. The van der Waals surface area contributed by atoms with Crippen LogP contribution in [0.2, 0.25) is 5.02 Å². The summed E-state index contributed by atoms with van der Waals surface area (Å²) in [5.41, 5.74) is 2.30. The zero-order valence-electron chi connectivity index (χ0n) is 17.5. The molecule has 0 saturated heterocycles. The van der Waals surface area contributed by atoms with Crippen molar-refractivity contribution in [2.24, 2.45) is 0 Å². The number of fused-ring (bicyclic) bond motifs is 1. The number of carbonyl (C=O) groups is 1. The van der Waals surface area contributed by atoms with Crippen molar-refractivity contribution in [3.8, 4) is 0 Å². The van der Waals surface area contributed by atoms with Gasteiger partial charge in [-0.3, -0.25) is 14.2 Å². The molecule has 1 amide bonds. The SMILES string of the molecule is CC(NC(=O)CSc1nc2ccccc2c(=O)n1Cc1ccccc1Cl)c1ccccc1. The van der Waals surface area contributed by atoms with Gasteiger partial charge < -0.3 is 5.32 Å². The number of halogens is 1. The van der Waals surface area contributed by atoms with Crippen LogP contribution in [0, 0.1) is 0 Å². The van der Waals surface area contributed by atoms with Gasteiger partial charge in [-0.2, -0.15) is 0 Å². The number of carbonyl (C=O) groups excluding carboxylic acids is 1. The van der Waals surface area contributed by atoms with Gasteiger partial charge in [0.15, 0.2) is 5.16 Å². The fraction of sp³-hybridized carbons (Fsp3) is 0.160. The van der Waals surface area contributed by atoms with Gasteiger partial charge >= 0.3 is 0 Å². The average Bonchev–Trinajstić information content (AvgIpc) is 2.81. The van der Waals surface area contributed by atoms with Gasteiger partial charge in [0.1, 0.15) is 0 Å². The number of para-hydroxylation sites is 1. The van der Waals surface area contributed by atoms with Crippen molar-refractivity contribution < 1.29 is 4.79 Å². The van der Waals surface area contributed by atoms with E-state index >= 15 is 0 Å². The van der Waals surface area contributed by atoms with E-state index in [9.17, 15) is 9.59 Å². The first-order valence-corrected chi connectivity index (χ1v) is 11.6. The molecule has 0 fully saturated rings. The highest BCUT2D eigenvalue weighted by molar-refractivity contribution is 7.99. The van der Waals surface area contributed by atoms with Gasteiger partial charge in [-0.25, -0.2) is 4.98 Å². The molecule has 1 unspecified atom stereocenters. The number of thioether (sulfide) groups is 1. The fourth-order valence-corrected chi connectivity index (χ4v) is 4.44. The molecule has 32 heavy (non-hydrogen) atoms. The maximum atomic E-state index is 13.2. The molecular formula is C25H22ClN3O2S. The second-order valence-corrected chi connectivity index (χ2v) is 8.73. The lowest BCUT2D eigenvalue weighted by Crippen LogP contribution is -2.29. The minimum Gasteiger partial charge on any atom is -0.349 e. The molecule has 0 bridgehead atoms. The van der Waals surface area contributed by atoms with Crippen molar-refractivity contribution in [1.82, 2.24) is 14.9 Å². The number of nitrogens with zero attached hydrogens (tertiary/aromatic N) is 2. The Morgan fingerprint density at radius 3 is 2.50 bits per heavy atom. The predicted molar refractivity (Wildman–Crippen MR) is 130 cm³/mol. The summed E-state index contributed by atoms with van der Waals surface area (Å²) in [5, 5.41) is 4.60. The summed E-state index contributed by atoms with van der Waals surface area (Å²) in [4.78, 5) is 30.5. The third-order valence-corrected chi connectivity index (χ3v) is 6.47. The van der Waals surface area contributed by atoms with E-state index in [2.05, 4.69) is 10.3 Å². The molecule has 4 rings (SSSR count). The van der Waals surface area contributed by atoms with Crippen LogP contribution in [0.3, 0.4) is 0 Å². The molecule has 0 saturated carbocycles. The molecule has 4 aromatic rings. The van der Waals surface area contributed by atoms with Gasteiger partial charge in [0.05, 0.1) is 29.2 Å². The molecule has 1 atom stereocenters. The lowest BCUT2D eigenvalue weighted by atomic mass is 10.1. The van der Waals surface area contributed by atoms with Crippen molar-refractivity contribution in [3.05, 3.63) is 105 Å². The Kier molecular flexibility index (Phi) is 6.93. The summed E-state index contributed by atoms with van der Waals surface area (Å²) < 4.78 is 1.59. The summed E-state index contributed by atoms with van der Waals surface area (Å²) >= 11 is 7.58. The van der Waals surface area contributed by atoms with E-state index in [-0.39, 0.29) is 29.8 Å². The second kappa shape index (κ2) is 10.0. The van der Waals surface area contributed by atoms with Crippen molar-refractivity contribution in [3.63, 3.8) is 0 Å². The largest absolute Gasteiger partial charge is 0.349 e. The highest BCUT2D eigenvalue weighted by Crippen LogP contribution is 2.22. The predicted octanol–water partition coefficient (Wildman–Crippen LogP) is 5.07. The van der Waals surface area contributed by atoms with Crippen LogP contribution in [0.1, 0.15) is 24.1 Å². The van der Waals surface area contributed by atoms with Crippen LogP contribution in [0.4, 0.5) is 0 Å². The normalized spacial score (nSPS) is 11.9. The zero-order chi connectivity index (χ0) is 22.5. The Morgan fingerprint density at radius 1 is 1.03 bits per heavy atom. The molecule has 5 nitrogen and oxygen atoms in total. The smallest absolute Gasteiger partial charge is 0.262 e. The molecule has 0 aliphatic rings. The highest BCUT2D eigenvalue weighted by Gasteiger charge is 2.16. The number of hydrogen-bond donors (Lipinski definition) is 1. The number of aromatic nitrogens is 2. The Morgan fingerprint density at radius 2 is 1.72 bits per heavy atom. The van der Waals surface area contributed by atoms with Crippen LogP contribution in [0.15, 0.2) is 88.8 Å². The first-order chi connectivity index (χ1) is 15.5. The Bertz CT molecular complexity index is 1310. The highest BCUT2D eigenvalue weighted by atomic mass is 35.5. The summed E-state index contributed by atoms with van der Waals surface area (Å²) in [5.74, 6) is 0.0165. The quantitative estimate of drug-likeness (QED) is 0.307. The summed E-state index contributed by atoms with van der Waals surface area (Å²) in [6, 6.07) is 24.3. The van der Waals surface area contributed by atoms with E-state index in [0.717, 1.165) is 11.1 Å². The van der Waals surface area contributed by atoms with Crippen molar-refractivity contribution in [2.75, 3.05) is 5.75 Å². The maximum Gasteiger partial charge on any atom is 0.262 e. The van der Waals surface area contributed by atoms with Crippen molar-refractivity contribution in [2.45, 2.75) is 24.7 Å². The van der Waals surface area contributed by atoms with Gasteiger partial charge in [0, 0.05) is 5.02 Å². The number of nitrogens with one attached hydrogen (secondary N) is 1. The lowest BCUT2D eigenvalue weighted by molar-refractivity contribution is -0.119. The second-order valence-electron chi connectivity index (χ2n) is 7.38. The Labute approximate surface area is 195 Å². The zero-order valence-corrected chi connectivity index (χ0v) is 19.1. The van der Waals surface area contributed by atoms with Crippen molar-refractivity contribution in [1.29, 1.82) is 0 Å². The standard InChI is InChI=1S/C25H22ClN3O2S/c1-17(18-9-3-2-4-10-18)27-23(30)16-32-25-28-22-14-8-6-12-20(22)24(31)29(25)15-19-11-5-7-13-21(19)26/h2-14,17H,15-16H2,1H3,(H,27,30). The molecule has 3 aromatic carbocycles. The van der Waals surface area contributed by atoms with Gasteiger partial charge in [-0.1, -0.05) is 84.0 Å². The van der Waals surface area contributed by atoms with E-state index in [1.165, 1.54) is 11.8 Å². The lowest BCUT2D eigenvalue weighted by Gasteiger charge is -2.16.